The zero-order valence-corrected chi connectivity index (χ0v) is 35.0. The van der Waals surface area contributed by atoms with Crippen LogP contribution in [0.3, 0.4) is 0 Å². The van der Waals surface area contributed by atoms with Crippen molar-refractivity contribution in [3.8, 4) is 5.75 Å². The number of fused-ring (bicyclic) bond motifs is 4. The molecule has 5 aliphatic carbocycles. The van der Waals surface area contributed by atoms with E-state index in [1.54, 1.807) is 13.8 Å². The fourth-order valence-corrected chi connectivity index (χ4v) is 14.5. The Balaban J connectivity index is 0.000000708. The van der Waals surface area contributed by atoms with Crippen molar-refractivity contribution in [1.29, 1.82) is 0 Å². The maximum Gasteiger partial charge on any atom is 0.514 e. The third kappa shape index (κ3) is 6.27. The fraction of sp³-hybridized carbons (Fsp3) is 0.841. The van der Waals surface area contributed by atoms with Gasteiger partial charge < -0.3 is 34.1 Å². The molecule has 1 aromatic rings. The number of ether oxygens (including phenoxy) is 4. The molecule has 2 heterocycles. The van der Waals surface area contributed by atoms with Crippen LogP contribution in [0.4, 0.5) is 10.5 Å². The number of nitrogens with zero attached hydrogens (tertiary/aromatic N) is 2. The van der Waals surface area contributed by atoms with Gasteiger partial charge in [-0.25, -0.2) is 4.79 Å². The Kier molecular flexibility index (Phi) is 10.3. The predicted molar refractivity (Wildman–Crippen MR) is 208 cm³/mol. The molecule has 11 nitrogen and oxygen atoms in total. The van der Waals surface area contributed by atoms with E-state index in [-0.39, 0.29) is 62.7 Å². The highest BCUT2D eigenvalue weighted by Crippen LogP contribution is 2.89. The van der Waals surface area contributed by atoms with E-state index in [1.807, 2.05) is 6.92 Å². The van der Waals surface area contributed by atoms with Crippen LogP contribution in [0.15, 0.2) is 24.3 Å². The highest BCUT2D eigenvalue weighted by Gasteiger charge is 2.85. The molecule has 2 aliphatic heterocycles. The molecule has 13 atom stereocenters. The number of aliphatic hydroxyl groups excluding tert-OH is 1. The molecule has 7 fully saturated rings. The quantitative estimate of drug-likeness (QED) is 0.121. The third-order valence-corrected chi connectivity index (χ3v) is 16.9. The number of hydrogen-bond acceptors (Lipinski definition) is 10. The van der Waals surface area contributed by atoms with E-state index in [0.29, 0.717) is 24.4 Å². The molecule has 8 rings (SSSR count). The summed E-state index contributed by atoms with van der Waals surface area (Å²) < 4.78 is 24.5. The molecule has 0 unspecified atom stereocenters. The van der Waals surface area contributed by atoms with Gasteiger partial charge in [0.2, 0.25) is 0 Å². The van der Waals surface area contributed by atoms with E-state index in [1.165, 1.54) is 37.4 Å². The van der Waals surface area contributed by atoms with Crippen LogP contribution in [0.2, 0.25) is 0 Å². The summed E-state index contributed by atoms with van der Waals surface area (Å²) >= 11 is 0. The first kappa shape index (κ1) is 40.9. The minimum Gasteiger partial charge on any atom is -0.430 e. The van der Waals surface area contributed by atoms with Gasteiger partial charge >= 0.3 is 6.16 Å². The number of hydrogen-bond donors (Lipinski definition) is 2. The molecule has 2 spiro atoms. The molecular formula is C44H68N2O9. The first-order chi connectivity index (χ1) is 25.7. The highest BCUT2D eigenvalue weighted by molar-refractivity contribution is 5.64. The van der Waals surface area contributed by atoms with E-state index in [0.717, 1.165) is 57.3 Å². The monoisotopic (exact) mass is 768 g/mol. The van der Waals surface area contributed by atoms with Crippen LogP contribution in [0.25, 0.3) is 0 Å². The SMILES string of the molecule is CC1CN(C)C1.CCO[C@@H]([C@H]1C[C@@H](C)[C@H]2[C@H](O1)[C@H](O)[C@@]1(C)[C@@H]3CC[C@H]4C(C)(C)[C@@H](OC(=O)Oc5ccc([N+](=O)[O-])cc5)CC[C@@]45C[C@@]35CC[C@]21C)C(C)(C)O. The Morgan fingerprint density at radius 3 is 2.24 bits per heavy atom. The molecule has 0 bridgehead atoms. The van der Waals surface area contributed by atoms with Crippen molar-refractivity contribution < 1.29 is 38.9 Å². The second kappa shape index (κ2) is 13.9. The van der Waals surface area contributed by atoms with Crippen molar-refractivity contribution >= 4 is 11.8 Å². The molecule has 2 N–H and O–H groups in total. The van der Waals surface area contributed by atoms with Gasteiger partial charge in [-0.3, -0.25) is 10.1 Å². The maximum atomic E-state index is 13.0. The summed E-state index contributed by atoms with van der Waals surface area (Å²) in [6.07, 6.45) is 5.27. The van der Waals surface area contributed by atoms with Crippen LogP contribution in [0.5, 0.6) is 5.75 Å². The molecule has 5 saturated carbocycles. The zero-order valence-electron chi connectivity index (χ0n) is 35.0. The second-order valence-corrected chi connectivity index (χ2v) is 20.6. The molecule has 11 heteroatoms. The van der Waals surface area contributed by atoms with Crippen molar-refractivity contribution in [2.45, 2.75) is 150 Å². The molecule has 0 radical (unpaired) electrons. The van der Waals surface area contributed by atoms with Gasteiger partial charge in [-0.1, -0.05) is 41.5 Å². The predicted octanol–water partition coefficient (Wildman–Crippen LogP) is 8.04. The summed E-state index contributed by atoms with van der Waals surface area (Å²) in [6, 6.07) is 5.45. The van der Waals surface area contributed by atoms with E-state index >= 15 is 0 Å². The van der Waals surface area contributed by atoms with Gasteiger partial charge in [0.05, 0.1) is 28.8 Å². The number of aliphatic hydroxyl groups is 2. The minimum atomic E-state index is -1.06. The Bertz CT molecular complexity index is 1600. The Labute approximate surface area is 328 Å². The van der Waals surface area contributed by atoms with Crippen LogP contribution in [-0.4, -0.2) is 89.1 Å². The van der Waals surface area contributed by atoms with Crippen molar-refractivity contribution in [3.63, 3.8) is 0 Å². The Morgan fingerprint density at radius 2 is 1.67 bits per heavy atom. The Morgan fingerprint density at radius 1 is 1.04 bits per heavy atom. The molecule has 2 saturated heterocycles. The summed E-state index contributed by atoms with van der Waals surface area (Å²) in [4.78, 5) is 25.8. The standard InChI is InChI=1S/C39H57NO9.C5H11N/c1-9-46-32(35(5,6)43)25-20-22(2)29-30(48-25)31(41)37(8)27-15-14-26-34(3,4)28(16-17-38(26)21-39(27,38)19-18-36(29,37)7)49-33(42)47-24-12-10-23(11-13-24)40(44)45;1-5-3-6(2)4-5/h10-13,22,25-32,41,43H,9,14-21H2,1-8H3;5H,3-4H2,1-2H3/t22-,25-,26+,27+,28+,29+,30+,31+,32+,36-,37-,38-,39+;/m1./s1. The van der Waals surface area contributed by atoms with Gasteiger partial charge in [-0.15, -0.1) is 0 Å². The molecular weight excluding hydrogens is 700 g/mol. The second-order valence-electron chi connectivity index (χ2n) is 20.6. The smallest absolute Gasteiger partial charge is 0.430 e. The number of rotatable bonds is 7. The first-order valence-corrected chi connectivity index (χ1v) is 21.1. The topological polar surface area (TPSA) is 141 Å². The van der Waals surface area contributed by atoms with Gasteiger partial charge in [0.15, 0.2) is 0 Å². The summed E-state index contributed by atoms with van der Waals surface area (Å²) in [5, 5.41) is 34.6. The van der Waals surface area contributed by atoms with Gasteiger partial charge in [0.25, 0.3) is 5.69 Å². The number of nitro groups is 1. The van der Waals surface area contributed by atoms with Crippen LogP contribution >= 0.6 is 0 Å². The maximum absolute atomic E-state index is 13.0. The lowest BCUT2D eigenvalue weighted by atomic mass is 9.41. The number of carbonyl (C=O) groups is 1. The van der Waals surface area contributed by atoms with Crippen molar-refractivity contribution in [1.82, 2.24) is 4.90 Å². The molecule has 7 aliphatic rings. The fourth-order valence-electron chi connectivity index (χ4n) is 14.5. The zero-order chi connectivity index (χ0) is 40.1. The highest BCUT2D eigenvalue weighted by atomic mass is 16.7. The van der Waals surface area contributed by atoms with Gasteiger partial charge in [0, 0.05) is 42.7 Å². The molecule has 55 heavy (non-hydrogen) atoms. The number of carbonyl (C=O) groups excluding carboxylic acids is 1. The molecule has 308 valence electrons. The third-order valence-electron chi connectivity index (χ3n) is 16.9. The lowest BCUT2D eigenvalue weighted by Gasteiger charge is -2.63. The van der Waals surface area contributed by atoms with E-state index in [4.69, 9.17) is 18.9 Å². The Hall–Kier alpha value is -2.31. The number of benzene rings is 1. The number of nitro benzene ring substituents is 1. The molecule has 0 aromatic heterocycles. The van der Waals surface area contributed by atoms with Gasteiger partial charge in [-0.05, 0) is 137 Å². The average molecular weight is 769 g/mol. The minimum absolute atomic E-state index is 0.0682. The van der Waals surface area contributed by atoms with E-state index in [2.05, 4.69) is 53.5 Å². The van der Waals surface area contributed by atoms with Crippen LogP contribution < -0.4 is 4.74 Å². The van der Waals surface area contributed by atoms with Gasteiger partial charge in [-0.2, -0.15) is 0 Å². The van der Waals surface area contributed by atoms with Crippen LogP contribution in [-0.2, 0) is 14.2 Å². The van der Waals surface area contributed by atoms with Crippen molar-refractivity contribution in [3.05, 3.63) is 34.4 Å². The van der Waals surface area contributed by atoms with E-state index < -0.39 is 28.9 Å². The van der Waals surface area contributed by atoms with Gasteiger partial charge in [0.1, 0.15) is 18.0 Å². The summed E-state index contributed by atoms with van der Waals surface area (Å²) in [6.45, 7) is 22.5. The number of non-ortho nitro benzene ring substituents is 1. The summed E-state index contributed by atoms with van der Waals surface area (Å²) in [5.74, 6) is 2.51. The van der Waals surface area contributed by atoms with Crippen molar-refractivity contribution in [2.75, 3.05) is 26.7 Å². The lowest BCUT2D eigenvalue weighted by molar-refractivity contribution is -0.384. The first-order valence-electron chi connectivity index (χ1n) is 21.1. The summed E-state index contributed by atoms with van der Waals surface area (Å²) in [5.41, 5.74) is -1.44. The summed E-state index contributed by atoms with van der Waals surface area (Å²) in [7, 11) is 2.15. The molecule has 0 amide bonds. The normalized spacial score (nSPS) is 43.4. The number of likely N-dealkylation sites (tertiary alicyclic amines) is 1. The van der Waals surface area contributed by atoms with E-state index in [9.17, 15) is 25.1 Å². The van der Waals surface area contributed by atoms with Crippen molar-refractivity contribution in [2.24, 2.45) is 56.7 Å². The molecule has 1 aromatic carbocycles. The lowest BCUT2D eigenvalue weighted by Crippen LogP contribution is -2.60. The average Bonchev–Trinajstić information content (AvgIpc) is 3.72. The largest absolute Gasteiger partial charge is 0.514 e. The van der Waals surface area contributed by atoms with Crippen LogP contribution in [0, 0.1) is 66.8 Å². The van der Waals surface area contributed by atoms with Crippen LogP contribution in [0.1, 0.15) is 114 Å².